The zero-order chi connectivity index (χ0) is 20.6. The van der Waals surface area contributed by atoms with Crippen molar-refractivity contribution in [2.75, 3.05) is 12.4 Å². The second kappa shape index (κ2) is 11.3. The van der Waals surface area contributed by atoms with E-state index in [4.69, 9.17) is 4.42 Å². The number of rotatable bonds is 6. The van der Waals surface area contributed by atoms with Gasteiger partial charge in [0.1, 0.15) is 5.82 Å². The van der Waals surface area contributed by atoms with Crippen LogP contribution in [-0.2, 0) is 13.1 Å². The number of furan rings is 1. The van der Waals surface area contributed by atoms with Crippen molar-refractivity contribution in [2.24, 2.45) is 4.99 Å². The molecule has 0 atom stereocenters. The maximum absolute atomic E-state index is 13.6. The molecule has 0 fully saturated rings. The number of aryl methyl sites for hydroxylation is 1. The molecule has 30 heavy (non-hydrogen) atoms. The van der Waals surface area contributed by atoms with E-state index in [2.05, 4.69) is 20.9 Å². The van der Waals surface area contributed by atoms with Crippen molar-refractivity contribution in [3.8, 4) is 0 Å². The number of halogens is 2. The molecule has 3 rings (SSSR count). The Morgan fingerprint density at radius 3 is 2.30 bits per heavy atom. The van der Waals surface area contributed by atoms with Crippen molar-refractivity contribution in [3.63, 3.8) is 0 Å². The van der Waals surface area contributed by atoms with Gasteiger partial charge in [0, 0.05) is 25.8 Å². The molecular weight excluding hydrogens is 498 g/mol. The number of hydrogen-bond donors (Lipinski definition) is 3. The second-order valence-corrected chi connectivity index (χ2v) is 6.49. The highest BCUT2D eigenvalue weighted by Crippen LogP contribution is 2.12. The van der Waals surface area contributed by atoms with E-state index in [9.17, 15) is 9.18 Å². The fraction of sp³-hybridized carbons (Fsp3) is 0.182. The molecule has 3 aromatic rings. The Labute approximate surface area is 192 Å². The molecule has 8 heteroatoms. The number of anilines is 1. The van der Waals surface area contributed by atoms with Gasteiger partial charge in [0.25, 0.3) is 5.91 Å². The molecule has 1 amide bonds. The highest BCUT2D eigenvalue weighted by atomic mass is 127. The fourth-order valence-electron chi connectivity index (χ4n) is 2.64. The Morgan fingerprint density at radius 2 is 1.70 bits per heavy atom. The van der Waals surface area contributed by atoms with Crippen LogP contribution in [0.15, 0.2) is 70.3 Å². The van der Waals surface area contributed by atoms with Crippen molar-refractivity contribution in [1.82, 2.24) is 10.6 Å². The molecule has 6 nitrogen and oxygen atoms in total. The third kappa shape index (κ3) is 6.58. The number of carbonyl (C=O) groups excluding carboxylic acids is 1. The lowest BCUT2D eigenvalue weighted by atomic mass is 10.1. The molecule has 0 bridgehead atoms. The minimum atomic E-state index is -0.293. The summed E-state index contributed by atoms with van der Waals surface area (Å²) in [6, 6.07) is 15.9. The first kappa shape index (κ1) is 23.4. The Bertz CT molecular complexity index is 989. The summed E-state index contributed by atoms with van der Waals surface area (Å²) in [6.45, 7) is 2.75. The molecule has 158 valence electrons. The molecule has 1 heterocycles. The smallest absolute Gasteiger partial charge is 0.291 e. The standard InChI is InChI=1S/C22H23FN4O2.HI/c1-15-5-6-17(12-19(15)23)14-26-22(24-2)25-13-16-7-9-18(10-8-16)27-21(28)20-4-3-11-29-20;/h3-12H,13-14H2,1-2H3,(H,27,28)(H2,24,25,26);1H. The highest BCUT2D eigenvalue weighted by molar-refractivity contribution is 14.0. The second-order valence-electron chi connectivity index (χ2n) is 6.49. The number of benzene rings is 2. The number of carbonyl (C=O) groups is 1. The summed E-state index contributed by atoms with van der Waals surface area (Å²) in [5.41, 5.74) is 3.16. The van der Waals surface area contributed by atoms with Gasteiger partial charge < -0.3 is 20.4 Å². The zero-order valence-corrected chi connectivity index (χ0v) is 19.1. The van der Waals surface area contributed by atoms with Gasteiger partial charge in [-0.3, -0.25) is 9.79 Å². The summed E-state index contributed by atoms with van der Waals surface area (Å²) in [4.78, 5) is 16.2. The van der Waals surface area contributed by atoms with E-state index >= 15 is 0 Å². The van der Waals surface area contributed by atoms with Gasteiger partial charge in [-0.05, 0) is 53.9 Å². The monoisotopic (exact) mass is 522 g/mol. The van der Waals surface area contributed by atoms with Crippen LogP contribution in [0.1, 0.15) is 27.2 Å². The molecule has 0 saturated heterocycles. The van der Waals surface area contributed by atoms with E-state index in [1.165, 1.54) is 12.3 Å². The van der Waals surface area contributed by atoms with Crippen LogP contribution in [0.2, 0.25) is 0 Å². The van der Waals surface area contributed by atoms with Crippen molar-refractivity contribution in [3.05, 3.63) is 89.1 Å². The highest BCUT2D eigenvalue weighted by Gasteiger charge is 2.08. The van der Waals surface area contributed by atoms with Crippen molar-refractivity contribution in [2.45, 2.75) is 20.0 Å². The van der Waals surface area contributed by atoms with E-state index in [1.807, 2.05) is 30.3 Å². The van der Waals surface area contributed by atoms with Crippen LogP contribution >= 0.6 is 24.0 Å². The van der Waals surface area contributed by atoms with Gasteiger partial charge >= 0.3 is 0 Å². The van der Waals surface area contributed by atoms with Gasteiger partial charge in [0.2, 0.25) is 0 Å². The van der Waals surface area contributed by atoms with Crippen LogP contribution in [0, 0.1) is 12.7 Å². The maximum atomic E-state index is 13.6. The van der Waals surface area contributed by atoms with E-state index < -0.39 is 0 Å². The predicted octanol–water partition coefficient (Wildman–Crippen LogP) is 4.46. The number of nitrogens with one attached hydrogen (secondary N) is 3. The summed E-state index contributed by atoms with van der Waals surface area (Å²) in [5.74, 6) is 0.366. The Balaban J connectivity index is 0.00000320. The predicted molar refractivity (Wildman–Crippen MR) is 127 cm³/mol. The molecule has 0 aliphatic heterocycles. The average Bonchev–Trinajstić information content (AvgIpc) is 3.27. The molecular formula is C22H24FIN4O2. The van der Waals surface area contributed by atoms with Crippen LogP contribution < -0.4 is 16.0 Å². The lowest BCUT2D eigenvalue weighted by Crippen LogP contribution is -2.36. The number of guanidine groups is 1. The molecule has 0 unspecified atom stereocenters. The van der Waals surface area contributed by atoms with Gasteiger partial charge in [-0.1, -0.05) is 24.3 Å². The molecule has 0 saturated carbocycles. The Morgan fingerprint density at radius 1 is 1.03 bits per heavy atom. The first-order chi connectivity index (χ1) is 14.0. The van der Waals surface area contributed by atoms with E-state index in [0.717, 1.165) is 11.1 Å². The molecule has 0 aliphatic rings. The minimum absolute atomic E-state index is 0. The fourth-order valence-corrected chi connectivity index (χ4v) is 2.64. The molecule has 0 spiro atoms. The summed E-state index contributed by atoms with van der Waals surface area (Å²) in [5, 5.41) is 9.14. The minimum Gasteiger partial charge on any atom is -0.459 e. The first-order valence-electron chi connectivity index (χ1n) is 9.18. The average molecular weight is 522 g/mol. The van der Waals surface area contributed by atoms with E-state index in [1.54, 1.807) is 32.2 Å². The van der Waals surface area contributed by atoms with E-state index in [0.29, 0.717) is 30.3 Å². The third-order valence-electron chi connectivity index (χ3n) is 4.34. The lowest BCUT2D eigenvalue weighted by Gasteiger charge is -2.13. The van der Waals surface area contributed by atoms with Gasteiger partial charge in [-0.25, -0.2) is 4.39 Å². The van der Waals surface area contributed by atoms with Gasteiger partial charge in [0.05, 0.1) is 6.26 Å². The van der Waals surface area contributed by atoms with Crippen LogP contribution in [0.25, 0.3) is 0 Å². The largest absolute Gasteiger partial charge is 0.459 e. The van der Waals surface area contributed by atoms with Crippen LogP contribution in [0.5, 0.6) is 0 Å². The Hall–Kier alpha value is -2.88. The Kier molecular flexibility index (Phi) is 8.85. The number of aliphatic imine (C=N–C) groups is 1. The topological polar surface area (TPSA) is 78.7 Å². The number of nitrogens with zero attached hydrogens (tertiary/aromatic N) is 1. The van der Waals surface area contributed by atoms with Crippen molar-refractivity contribution in [1.29, 1.82) is 0 Å². The molecule has 0 aliphatic carbocycles. The lowest BCUT2D eigenvalue weighted by molar-refractivity contribution is 0.0996. The molecule has 2 aromatic carbocycles. The van der Waals surface area contributed by atoms with Crippen LogP contribution in [0.3, 0.4) is 0 Å². The third-order valence-corrected chi connectivity index (χ3v) is 4.34. The number of hydrogen-bond acceptors (Lipinski definition) is 3. The number of amides is 1. The van der Waals surface area contributed by atoms with Crippen LogP contribution in [0.4, 0.5) is 10.1 Å². The van der Waals surface area contributed by atoms with Gasteiger partial charge in [-0.2, -0.15) is 0 Å². The van der Waals surface area contributed by atoms with E-state index in [-0.39, 0.29) is 41.5 Å². The zero-order valence-electron chi connectivity index (χ0n) is 16.7. The van der Waals surface area contributed by atoms with Crippen LogP contribution in [-0.4, -0.2) is 18.9 Å². The SMILES string of the molecule is CN=C(NCc1ccc(NC(=O)c2ccco2)cc1)NCc1ccc(C)c(F)c1.I. The van der Waals surface area contributed by atoms with Crippen molar-refractivity contribution < 1.29 is 13.6 Å². The van der Waals surface area contributed by atoms with Crippen molar-refractivity contribution >= 4 is 41.5 Å². The summed E-state index contributed by atoms with van der Waals surface area (Å²) >= 11 is 0. The summed E-state index contributed by atoms with van der Waals surface area (Å²) in [6.07, 6.45) is 1.46. The molecule has 1 aromatic heterocycles. The normalized spacial score (nSPS) is 10.8. The molecule has 3 N–H and O–H groups in total. The maximum Gasteiger partial charge on any atom is 0.291 e. The quantitative estimate of drug-likeness (QED) is 0.254. The first-order valence-corrected chi connectivity index (χ1v) is 9.18. The van der Waals surface area contributed by atoms with Gasteiger partial charge in [-0.15, -0.1) is 24.0 Å². The molecule has 0 radical (unpaired) electrons. The van der Waals surface area contributed by atoms with Gasteiger partial charge in [0.15, 0.2) is 11.7 Å². The summed E-state index contributed by atoms with van der Waals surface area (Å²) < 4.78 is 18.7. The summed E-state index contributed by atoms with van der Waals surface area (Å²) in [7, 11) is 1.68.